The Morgan fingerprint density at radius 1 is 1.56 bits per heavy atom. The molecule has 16 heavy (non-hydrogen) atoms. The van der Waals surface area contributed by atoms with Crippen LogP contribution in [0.3, 0.4) is 0 Å². The number of hydrogen-bond donors (Lipinski definition) is 0. The first-order chi connectivity index (χ1) is 7.70. The maximum Gasteiger partial charge on any atom is 0.223 e. The van der Waals surface area contributed by atoms with Crippen LogP contribution in [-0.2, 0) is 18.4 Å². The van der Waals surface area contributed by atoms with Gasteiger partial charge in [-0.1, -0.05) is 13.3 Å². The summed E-state index contributed by atoms with van der Waals surface area (Å²) in [7, 11) is 1.96. The highest BCUT2D eigenvalue weighted by Gasteiger charge is 2.39. The molecule has 0 aromatic carbocycles. The summed E-state index contributed by atoms with van der Waals surface area (Å²) in [5.41, 5.74) is 2.60. The zero-order valence-electron chi connectivity index (χ0n) is 9.81. The normalized spacial score (nSPS) is 28.1. The third kappa shape index (κ3) is 1.22. The van der Waals surface area contributed by atoms with Gasteiger partial charge in [-0.15, -0.1) is 0 Å². The van der Waals surface area contributed by atoms with E-state index < -0.39 is 0 Å². The number of nitrogens with zero attached hydrogens (tertiary/aromatic N) is 3. The lowest BCUT2D eigenvalue weighted by molar-refractivity contribution is -0.137. The van der Waals surface area contributed by atoms with Gasteiger partial charge in [0.15, 0.2) is 0 Å². The van der Waals surface area contributed by atoms with Crippen LogP contribution in [0.15, 0.2) is 6.20 Å². The van der Waals surface area contributed by atoms with Gasteiger partial charge in [0, 0.05) is 31.5 Å². The highest BCUT2D eigenvalue weighted by atomic mass is 16.2. The number of carbonyl (C=O) groups is 1. The van der Waals surface area contributed by atoms with Crippen molar-refractivity contribution < 1.29 is 4.79 Å². The molecule has 2 atom stereocenters. The average molecular weight is 219 g/mol. The molecule has 1 saturated heterocycles. The Kier molecular flexibility index (Phi) is 2.06. The van der Waals surface area contributed by atoms with Crippen LogP contribution in [-0.4, -0.2) is 27.1 Å². The highest BCUT2D eigenvalue weighted by molar-refractivity contribution is 5.78. The van der Waals surface area contributed by atoms with Gasteiger partial charge in [-0.3, -0.25) is 9.48 Å². The lowest BCUT2D eigenvalue weighted by Gasteiger charge is -2.41. The van der Waals surface area contributed by atoms with Crippen molar-refractivity contribution in [1.29, 1.82) is 0 Å². The molecule has 0 aliphatic carbocycles. The van der Waals surface area contributed by atoms with Gasteiger partial charge in [0.05, 0.1) is 18.4 Å². The second kappa shape index (κ2) is 3.34. The van der Waals surface area contributed by atoms with Crippen LogP contribution >= 0.6 is 0 Å². The number of carbonyl (C=O) groups excluding carboxylic acids is 1. The van der Waals surface area contributed by atoms with E-state index >= 15 is 0 Å². The molecular weight excluding hydrogens is 202 g/mol. The van der Waals surface area contributed by atoms with Crippen molar-refractivity contribution in [2.45, 2.75) is 32.2 Å². The summed E-state index contributed by atoms with van der Waals surface area (Å²) in [5, 5.41) is 4.33. The Balaban J connectivity index is 2.06. The van der Waals surface area contributed by atoms with E-state index in [-0.39, 0.29) is 0 Å². The lowest BCUT2D eigenvalue weighted by Crippen LogP contribution is -2.46. The minimum absolute atomic E-state index is 0.315. The minimum Gasteiger partial charge on any atom is -0.336 e. The van der Waals surface area contributed by atoms with E-state index in [1.807, 2.05) is 22.8 Å². The number of piperidine rings is 1. The Morgan fingerprint density at radius 3 is 3.12 bits per heavy atom. The summed E-state index contributed by atoms with van der Waals surface area (Å²) in [4.78, 5) is 13.9. The quantitative estimate of drug-likeness (QED) is 0.713. The first kappa shape index (κ1) is 9.87. The van der Waals surface area contributed by atoms with Gasteiger partial charge in [0.25, 0.3) is 0 Å². The van der Waals surface area contributed by atoms with Crippen LogP contribution in [0.5, 0.6) is 0 Å². The summed E-state index contributed by atoms with van der Waals surface area (Å²) in [6.07, 6.45) is 3.80. The Hall–Kier alpha value is -1.32. The fraction of sp³-hybridized carbons (Fsp3) is 0.667. The summed E-state index contributed by atoms with van der Waals surface area (Å²) >= 11 is 0. The first-order valence-corrected chi connectivity index (χ1v) is 5.99. The Morgan fingerprint density at radius 2 is 2.38 bits per heavy atom. The third-order valence-electron chi connectivity index (χ3n) is 4.13. The van der Waals surface area contributed by atoms with Crippen molar-refractivity contribution in [2.75, 3.05) is 6.54 Å². The van der Waals surface area contributed by atoms with E-state index in [9.17, 15) is 4.79 Å². The van der Waals surface area contributed by atoms with Gasteiger partial charge in [0.2, 0.25) is 5.91 Å². The third-order valence-corrected chi connectivity index (χ3v) is 4.13. The van der Waals surface area contributed by atoms with Crippen LogP contribution in [0.4, 0.5) is 0 Å². The summed E-state index contributed by atoms with van der Waals surface area (Å²) in [6, 6.07) is 0. The van der Waals surface area contributed by atoms with E-state index in [4.69, 9.17) is 0 Å². The summed E-state index contributed by atoms with van der Waals surface area (Å²) in [5.74, 6) is 1.34. The van der Waals surface area contributed by atoms with Crippen LogP contribution < -0.4 is 0 Å². The van der Waals surface area contributed by atoms with Gasteiger partial charge in [-0.25, -0.2) is 0 Å². The molecule has 86 valence electrons. The zero-order valence-corrected chi connectivity index (χ0v) is 9.81. The molecule has 1 aromatic rings. The van der Waals surface area contributed by atoms with Gasteiger partial charge in [-0.2, -0.15) is 5.10 Å². The number of rotatable bonds is 1. The van der Waals surface area contributed by atoms with Crippen molar-refractivity contribution in [1.82, 2.24) is 14.7 Å². The molecule has 4 nitrogen and oxygen atoms in total. The molecule has 2 aliphatic heterocycles. The topological polar surface area (TPSA) is 38.1 Å². The van der Waals surface area contributed by atoms with E-state index in [1.54, 1.807) is 0 Å². The second-order valence-corrected chi connectivity index (χ2v) is 4.92. The maximum atomic E-state index is 11.9. The Labute approximate surface area is 95.2 Å². The molecule has 2 aliphatic rings. The molecule has 1 fully saturated rings. The largest absolute Gasteiger partial charge is 0.336 e. The van der Waals surface area contributed by atoms with Crippen molar-refractivity contribution in [3.63, 3.8) is 0 Å². The molecule has 3 heterocycles. The minimum atomic E-state index is 0.315. The molecule has 0 spiro atoms. The molecule has 0 N–H and O–H groups in total. The first-order valence-electron chi connectivity index (χ1n) is 5.99. The molecular formula is C12H17N3O. The highest BCUT2D eigenvalue weighted by Crippen LogP contribution is 2.40. The zero-order chi connectivity index (χ0) is 11.3. The van der Waals surface area contributed by atoms with E-state index in [0.717, 1.165) is 25.9 Å². The molecule has 0 saturated carbocycles. The summed E-state index contributed by atoms with van der Waals surface area (Å²) < 4.78 is 1.92. The smallest absolute Gasteiger partial charge is 0.223 e. The molecule has 2 unspecified atom stereocenters. The molecule has 1 aromatic heterocycles. The number of aryl methyl sites for hydroxylation is 1. The lowest BCUT2D eigenvalue weighted by atomic mass is 9.77. The van der Waals surface area contributed by atoms with Crippen LogP contribution in [0.25, 0.3) is 0 Å². The SMILES string of the molecule is CCC1CC(=O)N2Cc3c(cnn3C)C1C2. The maximum absolute atomic E-state index is 11.9. The van der Waals surface area contributed by atoms with Crippen molar-refractivity contribution in [2.24, 2.45) is 13.0 Å². The second-order valence-electron chi connectivity index (χ2n) is 4.92. The monoisotopic (exact) mass is 219 g/mol. The fourth-order valence-corrected chi connectivity index (χ4v) is 3.08. The molecule has 3 rings (SSSR count). The Bertz CT molecular complexity index is 437. The number of aromatic nitrogens is 2. The van der Waals surface area contributed by atoms with E-state index in [2.05, 4.69) is 12.0 Å². The van der Waals surface area contributed by atoms with Crippen LogP contribution in [0.1, 0.15) is 36.9 Å². The van der Waals surface area contributed by atoms with Gasteiger partial charge in [-0.05, 0) is 5.92 Å². The predicted molar refractivity (Wildman–Crippen MR) is 59.8 cm³/mol. The number of fused-ring (bicyclic) bond motifs is 4. The summed E-state index contributed by atoms with van der Waals surface area (Å²) in [6.45, 7) is 3.83. The number of amides is 1. The average Bonchev–Trinajstić information content (AvgIpc) is 2.66. The fourth-order valence-electron chi connectivity index (χ4n) is 3.08. The number of hydrogen-bond acceptors (Lipinski definition) is 2. The van der Waals surface area contributed by atoms with Gasteiger partial charge in [0.1, 0.15) is 0 Å². The van der Waals surface area contributed by atoms with Gasteiger partial charge >= 0.3 is 0 Å². The van der Waals surface area contributed by atoms with Crippen molar-refractivity contribution >= 4 is 5.91 Å². The standard InChI is InChI=1S/C12H17N3O/c1-3-8-4-12(16)15-6-10(8)9-5-13-14(2)11(9)7-15/h5,8,10H,3-4,6-7H2,1-2H3. The van der Waals surface area contributed by atoms with Crippen LogP contribution in [0.2, 0.25) is 0 Å². The molecule has 0 radical (unpaired) electrons. The van der Waals surface area contributed by atoms with E-state index in [1.165, 1.54) is 11.3 Å². The molecule has 2 bridgehead atoms. The predicted octanol–water partition coefficient (Wildman–Crippen LogP) is 1.28. The van der Waals surface area contributed by atoms with Crippen molar-refractivity contribution in [3.05, 3.63) is 17.5 Å². The van der Waals surface area contributed by atoms with Crippen molar-refractivity contribution in [3.8, 4) is 0 Å². The molecule has 1 amide bonds. The van der Waals surface area contributed by atoms with Gasteiger partial charge < -0.3 is 4.90 Å². The van der Waals surface area contributed by atoms with Crippen LogP contribution in [0, 0.1) is 5.92 Å². The molecule has 4 heteroatoms. The van der Waals surface area contributed by atoms with E-state index in [0.29, 0.717) is 17.7 Å².